The quantitative estimate of drug-likeness (QED) is 0.727. The van der Waals surface area contributed by atoms with Crippen molar-refractivity contribution in [3.63, 3.8) is 0 Å². The Hall–Kier alpha value is -2.86. The zero-order chi connectivity index (χ0) is 21.3. The second-order valence-electron chi connectivity index (χ2n) is 7.76. The first-order valence-corrected chi connectivity index (χ1v) is 9.67. The van der Waals surface area contributed by atoms with Crippen LogP contribution in [0.3, 0.4) is 0 Å². The third-order valence-corrected chi connectivity index (χ3v) is 4.08. The van der Waals surface area contributed by atoms with Gasteiger partial charge in [-0.2, -0.15) is 0 Å². The minimum Gasteiger partial charge on any atom is -0.444 e. The van der Waals surface area contributed by atoms with Gasteiger partial charge >= 0.3 is 6.09 Å². The molecule has 2 aromatic rings. The van der Waals surface area contributed by atoms with Crippen molar-refractivity contribution < 1.29 is 19.1 Å². The van der Waals surface area contributed by atoms with E-state index in [4.69, 9.17) is 9.47 Å². The summed E-state index contributed by atoms with van der Waals surface area (Å²) < 4.78 is 10.5. The number of carbonyl (C=O) groups excluding carboxylic acids is 2. The highest BCUT2D eigenvalue weighted by Crippen LogP contribution is 2.19. The van der Waals surface area contributed by atoms with Crippen LogP contribution in [-0.4, -0.2) is 49.3 Å². The summed E-state index contributed by atoms with van der Waals surface area (Å²) in [6.07, 6.45) is 0.166. The maximum absolute atomic E-state index is 12.7. The standard InChI is InChI=1S/C23H30N2O4/c1-23(2,3)29-22(27)25(14-15-28-4)17-21(26)24-20-13-9-8-12-19(20)16-18-10-6-5-7-11-18/h5-13H,14-17H2,1-4H3,(H,24,26). The maximum Gasteiger partial charge on any atom is 0.410 e. The Morgan fingerprint density at radius 2 is 1.66 bits per heavy atom. The number of carbonyl (C=O) groups is 2. The van der Waals surface area contributed by atoms with Crippen molar-refractivity contribution >= 4 is 17.7 Å². The third kappa shape index (κ3) is 7.95. The first kappa shape index (κ1) is 22.4. The lowest BCUT2D eigenvalue weighted by atomic mass is 10.0. The van der Waals surface area contributed by atoms with Gasteiger partial charge in [-0.05, 0) is 44.4 Å². The largest absolute Gasteiger partial charge is 0.444 e. The van der Waals surface area contributed by atoms with E-state index >= 15 is 0 Å². The van der Waals surface area contributed by atoms with Gasteiger partial charge < -0.3 is 14.8 Å². The summed E-state index contributed by atoms with van der Waals surface area (Å²) in [5.41, 5.74) is 2.26. The molecule has 0 aliphatic heterocycles. The van der Waals surface area contributed by atoms with Crippen molar-refractivity contribution in [2.45, 2.75) is 32.8 Å². The Bertz CT molecular complexity index is 800. The Balaban J connectivity index is 2.06. The van der Waals surface area contributed by atoms with E-state index in [9.17, 15) is 9.59 Å². The lowest BCUT2D eigenvalue weighted by molar-refractivity contribution is -0.117. The van der Waals surface area contributed by atoms with Crippen molar-refractivity contribution in [2.24, 2.45) is 0 Å². The first-order valence-electron chi connectivity index (χ1n) is 9.67. The van der Waals surface area contributed by atoms with Gasteiger partial charge in [0, 0.05) is 19.3 Å². The average molecular weight is 399 g/mol. The fourth-order valence-corrected chi connectivity index (χ4v) is 2.74. The van der Waals surface area contributed by atoms with E-state index < -0.39 is 11.7 Å². The van der Waals surface area contributed by atoms with Gasteiger partial charge in [-0.3, -0.25) is 9.69 Å². The van der Waals surface area contributed by atoms with Crippen molar-refractivity contribution in [2.75, 3.05) is 32.1 Å². The number of ether oxygens (including phenoxy) is 2. The summed E-state index contributed by atoms with van der Waals surface area (Å²) in [5, 5.41) is 2.93. The van der Waals surface area contributed by atoms with Gasteiger partial charge in [0.25, 0.3) is 0 Å². The van der Waals surface area contributed by atoms with Gasteiger partial charge in [-0.1, -0.05) is 48.5 Å². The van der Waals surface area contributed by atoms with Crippen LogP contribution in [0.2, 0.25) is 0 Å². The number of methoxy groups -OCH3 is 1. The molecule has 0 radical (unpaired) electrons. The van der Waals surface area contributed by atoms with Crippen molar-refractivity contribution in [3.8, 4) is 0 Å². The van der Waals surface area contributed by atoms with Gasteiger partial charge in [0.15, 0.2) is 0 Å². The van der Waals surface area contributed by atoms with E-state index in [1.807, 2.05) is 54.6 Å². The second-order valence-corrected chi connectivity index (χ2v) is 7.76. The summed E-state index contributed by atoms with van der Waals surface area (Å²) >= 11 is 0. The van der Waals surface area contributed by atoms with E-state index in [1.54, 1.807) is 27.9 Å². The SMILES string of the molecule is COCCN(CC(=O)Nc1ccccc1Cc1ccccc1)C(=O)OC(C)(C)C. The number of para-hydroxylation sites is 1. The number of rotatable bonds is 8. The van der Waals surface area contributed by atoms with Crippen LogP contribution in [0, 0.1) is 0 Å². The van der Waals surface area contributed by atoms with Crippen LogP contribution >= 0.6 is 0 Å². The van der Waals surface area contributed by atoms with Gasteiger partial charge in [-0.25, -0.2) is 4.79 Å². The van der Waals surface area contributed by atoms with E-state index in [-0.39, 0.29) is 19.0 Å². The van der Waals surface area contributed by atoms with E-state index in [2.05, 4.69) is 5.32 Å². The summed E-state index contributed by atoms with van der Waals surface area (Å²) in [6.45, 7) is 5.84. The summed E-state index contributed by atoms with van der Waals surface area (Å²) in [4.78, 5) is 26.4. The highest BCUT2D eigenvalue weighted by molar-refractivity contribution is 5.94. The molecule has 0 atom stereocenters. The van der Waals surface area contributed by atoms with Gasteiger partial charge in [0.2, 0.25) is 5.91 Å². The Labute approximate surface area is 172 Å². The Kier molecular flexibility index (Phi) is 8.21. The second kappa shape index (κ2) is 10.6. The molecule has 0 unspecified atom stereocenters. The van der Waals surface area contributed by atoms with Crippen LogP contribution in [0.15, 0.2) is 54.6 Å². The monoisotopic (exact) mass is 398 g/mol. The molecule has 0 saturated heterocycles. The zero-order valence-electron chi connectivity index (χ0n) is 17.6. The van der Waals surface area contributed by atoms with Gasteiger partial charge in [0.1, 0.15) is 12.1 Å². The number of benzene rings is 2. The van der Waals surface area contributed by atoms with E-state index in [1.165, 1.54) is 4.90 Å². The maximum atomic E-state index is 12.7. The molecular weight excluding hydrogens is 368 g/mol. The number of hydrogen-bond acceptors (Lipinski definition) is 4. The predicted molar refractivity (Wildman–Crippen MR) is 114 cm³/mol. The fourth-order valence-electron chi connectivity index (χ4n) is 2.74. The predicted octanol–water partition coefficient (Wildman–Crippen LogP) is 4.10. The molecule has 6 nitrogen and oxygen atoms in total. The molecule has 0 fully saturated rings. The molecule has 156 valence electrons. The molecule has 0 bridgehead atoms. The molecule has 2 amide bonds. The minimum absolute atomic E-state index is 0.113. The fraction of sp³-hybridized carbons (Fsp3) is 0.391. The summed E-state index contributed by atoms with van der Waals surface area (Å²) in [7, 11) is 1.55. The van der Waals surface area contributed by atoms with Crippen molar-refractivity contribution in [3.05, 3.63) is 65.7 Å². The molecule has 6 heteroatoms. The normalized spacial score (nSPS) is 11.0. The van der Waals surface area contributed by atoms with E-state index in [0.717, 1.165) is 16.8 Å². The molecule has 0 heterocycles. The molecule has 0 aromatic heterocycles. The number of anilines is 1. The molecule has 0 aliphatic rings. The van der Waals surface area contributed by atoms with Crippen LogP contribution in [0.5, 0.6) is 0 Å². The van der Waals surface area contributed by atoms with Crippen LogP contribution in [0.1, 0.15) is 31.9 Å². The molecule has 0 saturated carbocycles. The number of nitrogens with zero attached hydrogens (tertiary/aromatic N) is 1. The van der Waals surface area contributed by atoms with Crippen molar-refractivity contribution in [1.29, 1.82) is 0 Å². The highest BCUT2D eigenvalue weighted by Gasteiger charge is 2.24. The lowest BCUT2D eigenvalue weighted by Gasteiger charge is -2.27. The summed E-state index contributed by atoms with van der Waals surface area (Å²) in [5.74, 6) is -0.285. The lowest BCUT2D eigenvalue weighted by Crippen LogP contribution is -2.43. The smallest absolute Gasteiger partial charge is 0.410 e. The van der Waals surface area contributed by atoms with Crippen molar-refractivity contribution in [1.82, 2.24) is 4.90 Å². The van der Waals surface area contributed by atoms with Crippen LogP contribution in [0.25, 0.3) is 0 Å². The zero-order valence-corrected chi connectivity index (χ0v) is 17.6. The Morgan fingerprint density at radius 1 is 1.00 bits per heavy atom. The molecule has 2 rings (SSSR count). The highest BCUT2D eigenvalue weighted by atomic mass is 16.6. The van der Waals surface area contributed by atoms with Crippen LogP contribution < -0.4 is 5.32 Å². The van der Waals surface area contributed by atoms with Crippen LogP contribution in [0.4, 0.5) is 10.5 Å². The molecule has 1 N–H and O–H groups in total. The first-order chi connectivity index (χ1) is 13.8. The molecule has 0 aliphatic carbocycles. The molecular formula is C23H30N2O4. The topological polar surface area (TPSA) is 67.9 Å². The number of amides is 2. The molecule has 29 heavy (non-hydrogen) atoms. The number of nitrogens with one attached hydrogen (secondary N) is 1. The average Bonchev–Trinajstić information content (AvgIpc) is 2.66. The van der Waals surface area contributed by atoms with Gasteiger partial charge in [-0.15, -0.1) is 0 Å². The van der Waals surface area contributed by atoms with Crippen LogP contribution in [-0.2, 0) is 20.7 Å². The van der Waals surface area contributed by atoms with Gasteiger partial charge in [0.05, 0.1) is 6.61 Å². The van der Waals surface area contributed by atoms with E-state index in [0.29, 0.717) is 13.0 Å². The summed E-state index contributed by atoms with van der Waals surface area (Å²) in [6, 6.07) is 17.7. The minimum atomic E-state index is -0.638. The number of hydrogen-bond donors (Lipinski definition) is 1. The molecule has 0 spiro atoms. The molecule has 2 aromatic carbocycles. The third-order valence-electron chi connectivity index (χ3n) is 4.08. The Morgan fingerprint density at radius 3 is 2.31 bits per heavy atom.